The number of benzene rings is 3. The Hall–Kier alpha value is -3.31. The molecule has 0 spiro atoms. The van der Waals surface area contributed by atoms with Crippen molar-refractivity contribution in [2.24, 2.45) is 0 Å². The zero-order valence-electron chi connectivity index (χ0n) is 21.6. The molecule has 5 rings (SSSR count). The molecule has 7 nitrogen and oxygen atoms in total. The van der Waals surface area contributed by atoms with Crippen molar-refractivity contribution in [3.8, 4) is 11.5 Å². The number of carbonyl (C=O) groups excluding carboxylic acids is 3. The number of carbonyl (C=O) groups is 3. The smallest absolute Gasteiger partial charge is 0.294 e. The fourth-order valence-corrected chi connectivity index (χ4v) is 6.27. The van der Waals surface area contributed by atoms with Crippen molar-refractivity contribution in [3.63, 3.8) is 0 Å². The van der Waals surface area contributed by atoms with Crippen molar-refractivity contribution in [1.82, 2.24) is 9.80 Å². The van der Waals surface area contributed by atoms with Crippen LogP contribution < -0.4 is 9.47 Å². The molecule has 3 aromatic rings. The normalized spacial score (nSPS) is 16.0. The minimum absolute atomic E-state index is 0.237. The number of rotatable bonds is 7. The minimum Gasteiger partial charge on any atom is -0.493 e. The molecule has 39 heavy (non-hydrogen) atoms. The van der Waals surface area contributed by atoms with E-state index in [0.717, 1.165) is 43.3 Å². The molecular formula is C30H27IN2O5S. The fourth-order valence-electron chi connectivity index (χ4n) is 4.65. The van der Waals surface area contributed by atoms with Crippen molar-refractivity contribution in [2.75, 3.05) is 20.2 Å². The highest BCUT2D eigenvalue weighted by Crippen LogP contribution is 2.37. The quantitative estimate of drug-likeness (QED) is 0.237. The lowest BCUT2D eigenvalue weighted by atomic mass is 10.00. The van der Waals surface area contributed by atoms with Crippen LogP contribution in [-0.2, 0) is 29.2 Å². The van der Waals surface area contributed by atoms with E-state index in [-0.39, 0.29) is 17.4 Å². The molecule has 1 fully saturated rings. The summed E-state index contributed by atoms with van der Waals surface area (Å²) in [7, 11) is 1.56. The van der Waals surface area contributed by atoms with Gasteiger partial charge in [-0.15, -0.1) is 0 Å². The van der Waals surface area contributed by atoms with Crippen LogP contribution in [-0.4, -0.2) is 47.1 Å². The maximum absolute atomic E-state index is 13.1. The number of thioether (sulfide) groups is 1. The molecule has 1 saturated heterocycles. The molecule has 2 heterocycles. The van der Waals surface area contributed by atoms with Gasteiger partial charge in [-0.1, -0.05) is 54.1 Å². The maximum Gasteiger partial charge on any atom is 0.294 e. The lowest BCUT2D eigenvalue weighted by Crippen LogP contribution is -2.44. The highest BCUT2D eigenvalue weighted by atomic mass is 127. The second kappa shape index (κ2) is 11.8. The van der Waals surface area contributed by atoms with E-state index in [1.165, 1.54) is 5.56 Å². The van der Waals surface area contributed by atoms with Crippen LogP contribution in [0.4, 0.5) is 4.79 Å². The number of imide groups is 1. The first-order valence-electron chi connectivity index (χ1n) is 12.5. The molecule has 9 heteroatoms. The van der Waals surface area contributed by atoms with Crippen molar-refractivity contribution in [1.29, 1.82) is 0 Å². The third-order valence-corrected chi connectivity index (χ3v) is 8.37. The molecule has 3 amide bonds. The summed E-state index contributed by atoms with van der Waals surface area (Å²) in [4.78, 5) is 41.8. The van der Waals surface area contributed by atoms with E-state index >= 15 is 0 Å². The molecule has 200 valence electrons. The van der Waals surface area contributed by atoms with Gasteiger partial charge in [0.1, 0.15) is 13.2 Å². The summed E-state index contributed by atoms with van der Waals surface area (Å²) in [5, 5.41) is -0.447. The summed E-state index contributed by atoms with van der Waals surface area (Å²) in [6.07, 6.45) is 2.41. The van der Waals surface area contributed by atoms with Gasteiger partial charge in [-0.25, -0.2) is 0 Å². The number of ether oxygens (including phenoxy) is 2. The van der Waals surface area contributed by atoms with Crippen LogP contribution in [0, 0.1) is 10.5 Å². The van der Waals surface area contributed by atoms with Crippen LogP contribution in [0.1, 0.15) is 27.8 Å². The van der Waals surface area contributed by atoms with E-state index in [9.17, 15) is 14.4 Å². The summed E-state index contributed by atoms with van der Waals surface area (Å²) in [5.41, 5.74) is 5.23. The molecule has 0 aliphatic carbocycles. The van der Waals surface area contributed by atoms with Crippen LogP contribution in [0.25, 0.3) is 6.08 Å². The number of aryl methyl sites for hydroxylation is 1. The highest BCUT2D eigenvalue weighted by molar-refractivity contribution is 14.1. The Bertz CT molecular complexity index is 1490. The predicted molar refractivity (Wildman–Crippen MR) is 159 cm³/mol. The zero-order valence-corrected chi connectivity index (χ0v) is 24.6. The summed E-state index contributed by atoms with van der Waals surface area (Å²) in [5.74, 6) is 0.433. The second-order valence-corrected chi connectivity index (χ2v) is 11.6. The Morgan fingerprint density at radius 1 is 1.08 bits per heavy atom. The Morgan fingerprint density at radius 2 is 1.87 bits per heavy atom. The van der Waals surface area contributed by atoms with E-state index < -0.39 is 11.1 Å². The number of methoxy groups -OCH3 is 1. The first-order valence-corrected chi connectivity index (χ1v) is 14.4. The van der Waals surface area contributed by atoms with Gasteiger partial charge in [-0.3, -0.25) is 19.3 Å². The number of amides is 3. The topological polar surface area (TPSA) is 76.2 Å². The standard InChI is InChI=1S/C30H27IN2O5S/c1-19-6-5-7-20(12-19)18-38-28-24(31)13-21(14-25(28)37-2)15-26-29(35)33(30(36)39-26)17-27(34)32-11-10-22-8-3-4-9-23(22)16-32/h3-9,12-15H,10-11,16-18H2,1-2H3/b26-15-. The zero-order chi connectivity index (χ0) is 27.5. The van der Waals surface area contributed by atoms with E-state index in [1.54, 1.807) is 24.2 Å². The third-order valence-electron chi connectivity index (χ3n) is 6.67. The molecule has 0 saturated carbocycles. The molecule has 2 aliphatic heterocycles. The summed E-state index contributed by atoms with van der Waals surface area (Å²) in [6, 6.07) is 19.8. The summed E-state index contributed by atoms with van der Waals surface area (Å²) in [6.45, 7) is 3.21. The molecule has 0 bridgehead atoms. The Balaban J connectivity index is 1.28. The van der Waals surface area contributed by atoms with Crippen molar-refractivity contribution < 1.29 is 23.9 Å². The predicted octanol–water partition coefficient (Wildman–Crippen LogP) is 5.81. The van der Waals surface area contributed by atoms with Gasteiger partial charge in [0.05, 0.1) is 15.6 Å². The lowest BCUT2D eigenvalue weighted by molar-refractivity contribution is -0.136. The summed E-state index contributed by atoms with van der Waals surface area (Å²) >= 11 is 3.01. The Kier molecular flexibility index (Phi) is 8.27. The largest absolute Gasteiger partial charge is 0.493 e. The van der Waals surface area contributed by atoms with Gasteiger partial charge < -0.3 is 14.4 Å². The molecule has 0 N–H and O–H groups in total. The van der Waals surface area contributed by atoms with Gasteiger partial charge in [0.15, 0.2) is 11.5 Å². The van der Waals surface area contributed by atoms with E-state index in [4.69, 9.17) is 9.47 Å². The Labute approximate surface area is 245 Å². The SMILES string of the molecule is COc1cc(/C=C2\SC(=O)N(CC(=O)N3CCc4ccccc4C3)C2=O)cc(I)c1OCc1cccc(C)c1. The number of nitrogens with zero attached hydrogens (tertiary/aromatic N) is 2. The summed E-state index contributed by atoms with van der Waals surface area (Å²) < 4.78 is 12.5. The molecular weight excluding hydrogens is 627 g/mol. The van der Waals surface area contributed by atoms with Gasteiger partial charge in [0.25, 0.3) is 11.1 Å². The highest BCUT2D eigenvalue weighted by Gasteiger charge is 2.37. The first kappa shape index (κ1) is 27.3. The average Bonchev–Trinajstić information content (AvgIpc) is 3.19. The van der Waals surface area contributed by atoms with Crippen LogP contribution in [0.3, 0.4) is 0 Å². The van der Waals surface area contributed by atoms with Crippen LogP contribution in [0.15, 0.2) is 65.6 Å². The molecule has 0 unspecified atom stereocenters. The van der Waals surface area contributed by atoms with Gasteiger partial charge in [-0.05, 0) is 88.2 Å². The number of hydrogen-bond acceptors (Lipinski definition) is 6. The number of hydrogen-bond donors (Lipinski definition) is 0. The van der Waals surface area contributed by atoms with E-state index in [1.807, 2.05) is 49.4 Å². The average molecular weight is 655 g/mol. The lowest BCUT2D eigenvalue weighted by Gasteiger charge is -2.29. The van der Waals surface area contributed by atoms with E-state index in [0.29, 0.717) is 36.8 Å². The van der Waals surface area contributed by atoms with Crippen molar-refractivity contribution >= 4 is 57.5 Å². The molecule has 0 atom stereocenters. The number of fused-ring (bicyclic) bond motifs is 1. The van der Waals surface area contributed by atoms with Crippen molar-refractivity contribution in [3.05, 3.63) is 97.0 Å². The minimum atomic E-state index is -0.468. The van der Waals surface area contributed by atoms with Gasteiger partial charge in [-0.2, -0.15) is 0 Å². The van der Waals surface area contributed by atoms with Gasteiger partial charge in [0.2, 0.25) is 5.91 Å². The second-order valence-electron chi connectivity index (χ2n) is 9.41. The van der Waals surface area contributed by atoms with Crippen LogP contribution >= 0.6 is 34.4 Å². The fraction of sp³-hybridized carbons (Fsp3) is 0.233. The number of halogens is 1. The maximum atomic E-state index is 13.1. The first-order chi connectivity index (χ1) is 18.8. The van der Waals surface area contributed by atoms with Crippen LogP contribution in [0.2, 0.25) is 0 Å². The third kappa shape index (κ3) is 6.14. The van der Waals surface area contributed by atoms with E-state index in [2.05, 4.69) is 34.7 Å². The molecule has 0 radical (unpaired) electrons. The Morgan fingerprint density at radius 3 is 2.64 bits per heavy atom. The van der Waals surface area contributed by atoms with Gasteiger partial charge >= 0.3 is 0 Å². The van der Waals surface area contributed by atoms with Crippen LogP contribution in [0.5, 0.6) is 11.5 Å². The van der Waals surface area contributed by atoms with Gasteiger partial charge in [0, 0.05) is 13.1 Å². The van der Waals surface area contributed by atoms with Crippen molar-refractivity contribution in [2.45, 2.75) is 26.5 Å². The molecule has 2 aliphatic rings. The molecule has 3 aromatic carbocycles. The monoisotopic (exact) mass is 654 g/mol. The molecule has 0 aromatic heterocycles.